The summed E-state index contributed by atoms with van der Waals surface area (Å²) in [6.45, 7) is 0. The van der Waals surface area contributed by atoms with Gasteiger partial charge in [0.05, 0.1) is 11.0 Å². The highest BCUT2D eigenvalue weighted by Crippen LogP contribution is 2.46. The van der Waals surface area contributed by atoms with Crippen LogP contribution in [0.1, 0.15) is 24.0 Å². The van der Waals surface area contributed by atoms with Crippen molar-refractivity contribution in [3.8, 4) is 50.2 Å². The molecule has 0 N–H and O–H groups in total. The SMILES string of the molecule is c1ccc(-c2ccc(-c3ccc4c(c3)c3ccccc3n4-c3ccc(-c4c5ccccc5c(-c5cccc6c5CCCC6)c5ccccc45)cc3)cc2)cc1. The lowest BCUT2D eigenvalue weighted by Gasteiger charge is -2.23. The van der Waals surface area contributed by atoms with Crippen molar-refractivity contribution in [2.24, 2.45) is 0 Å². The molecule has 9 aromatic carbocycles. The minimum atomic E-state index is 1.16. The minimum Gasteiger partial charge on any atom is -0.309 e. The first-order valence-electron chi connectivity index (χ1n) is 19.6. The quantitative estimate of drug-likeness (QED) is 0.157. The molecule has 10 aromatic rings. The molecule has 1 aliphatic carbocycles. The van der Waals surface area contributed by atoms with Gasteiger partial charge in [0.2, 0.25) is 0 Å². The van der Waals surface area contributed by atoms with Crippen molar-refractivity contribution in [2.45, 2.75) is 25.7 Å². The van der Waals surface area contributed by atoms with Gasteiger partial charge < -0.3 is 4.57 Å². The molecule has 0 saturated heterocycles. The number of fused-ring (bicyclic) bond motifs is 6. The summed E-state index contributed by atoms with van der Waals surface area (Å²) in [5, 5.41) is 7.79. The molecule has 0 fully saturated rings. The van der Waals surface area contributed by atoms with Gasteiger partial charge in [-0.25, -0.2) is 0 Å². The second kappa shape index (κ2) is 13.0. The number of rotatable bonds is 5. The van der Waals surface area contributed by atoms with Crippen LogP contribution in [0, 0.1) is 0 Å². The van der Waals surface area contributed by atoms with Gasteiger partial charge in [-0.05, 0) is 133 Å². The molecule has 260 valence electrons. The zero-order valence-corrected chi connectivity index (χ0v) is 30.7. The normalized spacial score (nSPS) is 12.8. The number of nitrogens with zero attached hydrogens (tertiary/aromatic N) is 1. The van der Waals surface area contributed by atoms with Crippen molar-refractivity contribution in [3.63, 3.8) is 0 Å². The molecule has 1 heterocycles. The van der Waals surface area contributed by atoms with E-state index in [1.54, 1.807) is 5.56 Å². The molecule has 1 aromatic heterocycles. The summed E-state index contributed by atoms with van der Waals surface area (Å²) in [5.41, 5.74) is 16.9. The lowest BCUT2D eigenvalue weighted by atomic mass is 9.81. The van der Waals surface area contributed by atoms with Crippen molar-refractivity contribution >= 4 is 43.4 Å². The summed E-state index contributed by atoms with van der Waals surface area (Å²) in [7, 11) is 0. The maximum absolute atomic E-state index is 2.43. The Balaban J connectivity index is 1.03. The highest BCUT2D eigenvalue weighted by Gasteiger charge is 2.21. The molecule has 11 rings (SSSR count). The Morgan fingerprint density at radius 3 is 1.56 bits per heavy atom. The van der Waals surface area contributed by atoms with Crippen LogP contribution < -0.4 is 0 Å². The Morgan fingerprint density at radius 2 is 0.855 bits per heavy atom. The zero-order chi connectivity index (χ0) is 36.3. The predicted octanol–water partition coefficient (Wildman–Crippen LogP) is 14.6. The molecule has 0 spiro atoms. The van der Waals surface area contributed by atoms with Gasteiger partial charge in [0.15, 0.2) is 0 Å². The second-order valence-electron chi connectivity index (χ2n) is 15.1. The topological polar surface area (TPSA) is 4.93 Å². The second-order valence-corrected chi connectivity index (χ2v) is 15.1. The van der Waals surface area contributed by atoms with Gasteiger partial charge in [-0.1, -0.05) is 158 Å². The zero-order valence-electron chi connectivity index (χ0n) is 30.7. The molecule has 0 aliphatic heterocycles. The van der Waals surface area contributed by atoms with E-state index in [-0.39, 0.29) is 0 Å². The van der Waals surface area contributed by atoms with Crippen molar-refractivity contribution in [3.05, 3.63) is 199 Å². The molecule has 0 radical (unpaired) electrons. The predicted molar refractivity (Wildman–Crippen MR) is 234 cm³/mol. The first-order valence-corrected chi connectivity index (χ1v) is 19.6. The van der Waals surface area contributed by atoms with E-state index < -0.39 is 0 Å². The number of para-hydroxylation sites is 1. The van der Waals surface area contributed by atoms with Gasteiger partial charge >= 0.3 is 0 Å². The van der Waals surface area contributed by atoms with Crippen molar-refractivity contribution in [2.75, 3.05) is 0 Å². The van der Waals surface area contributed by atoms with E-state index in [0.29, 0.717) is 0 Å². The van der Waals surface area contributed by atoms with Gasteiger partial charge in [0.25, 0.3) is 0 Å². The number of benzene rings is 9. The summed E-state index contributed by atoms with van der Waals surface area (Å²) in [6.07, 6.45) is 4.88. The Hall–Kier alpha value is -6.70. The van der Waals surface area contributed by atoms with Crippen LogP contribution in [-0.4, -0.2) is 4.57 Å². The molecule has 0 unspecified atom stereocenters. The monoisotopic (exact) mass is 701 g/mol. The maximum Gasteiger partial charge on any atom is 0.0541 e. The third-order valence-electron chi connectivity index (χ3n) is 12.0. The Morgan fingerprint density at radius 1 is 0.327 bits per heavy atom. The molecular weight excluding hydrogens is 663 g/mol. The highest BCUT2D eigenvalue weighted by atomic mass is 15.0. The smallest absolute Gasteiger partial charge is 0.0541 e. The van der Waals surface area contributed by atoms with E-state index >= 15 is 0 Å². The molecule has 1 heteroatoms. The van der Waals surface area contributed by atoms with E-state index in [1.807, 2.05) is 0 Å². The summed E-state index contributed by atoms with van der Waals surface area (Å²) in [4.78, 5) is 0. The lowest BCUT2D eigenvalue weighted by Crippen LogP contribution is -2.04. The Bertz CT molecular complexity index is 3000. The summed E-state index contributed by atoms with van der Waals surface area (Å²) in [5.74, 6) is 0. The Labute approximate surface area is 321 Å². The van der Waals surface area contributed by atoms with Crippen molar-refractivity contribution in [1.29, 1.82) is 0 Å². The standard InChI is InChI=1S/C54H39N/c1-2-13-36(14-3-1)37-25-27-38(28-26-37)41-31-34-52-50(35-41)44-18-10-11-24-51(44)55(52)42-32-29-40(30-33-42)53-46-19-6-8-21-48(46)54(49-22-9-7-20-47(49)53)45-23-12-16-39-15-4-5-17-43(39)45/h1-3,6-14,16,18-35H,4-5,15,17H2. The van der Waals surface area contributed by atoms with Crippen LogP contribution in [0.25, 0.3) is 93.5 Å². The molecule has 0 atom stereocenters. The summed E-state index contributed by atoms with van der Waals surface area (Å²) in [6, 6.07) is 69.7. The van der Waals surface area contributed by atoms with E-state index in [2.05, 4.69) is 193 Å². The minimum absolute atomic E-state index is 1.16. The summed E-state index contributed by atoms with van der Waals surface area (Å²) >= 11 is 0. The number of hydrogen-bond donors (Lipinski definition) is 0. The van der Waals surface area contributed by atoms with Crippen molar-refractivity contribution in [1.82, 2.24) is 4.57 Å². The third kappa shape index (κ3) is 5.22. The van der Waals surface area contributed by atoms with Gasteiger partial charge in [0, 0.05) is 16.5 Å². The fourth-order valence-electron chi connectivity index (χ4n) is 9.44. The molecule has 0 bridgehead atoms. The van der Waals surface area contributed by atoms with E-state index in [9.17, 15) is 0 Å². The van der Waals surface area contributed by atoms with Crippen LogP contribution in [0.3, 0.4) is 0 Å². The number of aromatic nitrogens is 1. The molecule has 1 aliphatic rings. The van der Waals surface area contributed by atoms with Gasteiger partial charge in [0.1, 0.15) is 0 Å². The van der Waals surface area contributed by atoms with Crippen LogP contribution in [0.5, 0.6) is 0 Å². The first kappa shape index (κ1) is 31.8. The average molecular weight is 702 g/mol. The molecule has 1 nitrogen and oxygen atoms in total. The van der Waals surface area contributed by atoms with Crippen LogP contribution in [0.4, 0.5) is 0 Å². The Kier molecular flexibility index (Phi) is 7.52. The molecule has 55 heavy (non-hydrogen) atoms. The largest absolute Gasteiger partial charge is 0.309 e. The maximum atomic E-state index is 2.43. The van der Waals surface area contributed by atoms with Gasteiger partial charge in [-0.3, -0.25) is 0 Å². The molecule has 0 amide bonds. The van der Waals surface area contributed by atoms with Crippen LogP contribution >= 0.6 is 0 Å². The summed E-state index contributed by atoms with van der Waals surface area (Å²) < 4.78 is 2.43. The van der Waals surface area contributed by atoms with E-state index in [1.165, 1.54) is 113 Å². The highest BCUT2D eigenvalue weighted by molar-refractivity contribution is 6.21. The molecular formula is C54H39N. The van der Waals surface area contributed by atoms with E-state index in [4.69, 9.17) is 0 Å². The van der Waals surface area contributed by atoms with Crippen LogP contribution in [0.2, 0.25) is 0 Å². The fourth-order valence-corrected chi connectivity index (χ4v) is 9.44. The third-order valence-corrected chi connectivity index (χ3v) is 12.0. The average Bonchev–Trinajstić information content (AvgIpc) is 3.59. The van der Waals surface area contributed by atoms with Crippen molar-refractivity contribution < 1.29 is 0 Å². The first-order chi connectivity index (χ1) is 27.3. The number of aryl methyl sites for hydroxylation is 1. The number of hydrogen-bond acceptors (Lipinski definition) is 0. The molecule has 0 saturated carbocycles. The van der Waals surface area contributed by atoms with Gasteiger partial charge in [-0.15, -0.1) is 0 Å². The van der Waals surface area contributed by atoms with Crippen LogP contribution in [0.15, 0.2) is 188 Å². The fraction of sp³-hybridized carbons (Fsp3) is 0.0741. The van der Waals surface area contributed by atoms with Gasteiger partial charge in [-0.2, -0.15) is 0 Å². The van der Waals surface area contributed by atoms with Crippen LogP contribution in [-0.2, 0) is 12.8 Å². The lowest BCUT2D eigenvalue weighted by molar-refractivity contribution is 0.687. The van der Waals surface area contributed by atoms with E-state index in [0.717, 1.165) is 12.1 Å².